The highest BCUT2D eigenvalue weighted by Crippen LogP contribution is 2.31. The Bertz CT molecular complexity index is 860. The molecular formula is C16H14ClN3O2S. The third-order valence-corrected chi connectivity index (χ3v) is 4.28. The zero-order chi connectivity index (χ0) is 16.4. The molecule has 1 unspecified atom stereocenters. The van der Waals surface area contributed by atoms with E-state index < -0.39 is 6.10 Å². The Morgan fingerprint density at radius 2 is 2.04 bits per heavy atom. The van der Waals surface area contributed by atoms with Gasteiger partial charge in [-0.3, -0.25) is 0 Å². The summed E-state index contributed by atoms with van der Waals surface area (Å²) in [6, 6.07) is 8.96. The first-order valence-electron chi connectivity index (χ1n) is 6.81. The SMILES string of the molecule is COc1ccc2nc(Cl)c(C(O)c3ccnc(SC)n3)cc2c1. The van der Waals surface area contributed by atoms with Crippen molar-refractivity contribution >= 4 is 34.3 Å². The Morgan fingerprint density at radius 3 is 2.78 bits per heavy atom. The lowest BCUT2D eigenvalue weighted by atomic mass is 10.1. The summed E-state index contributed by atoms with van der Waals surface area (Å²) in [5.74, 6) is 0.716. The van der Waals surface area contributed by atoms with Crippen LogP contribution in [0.3, 0.4) is 0 Å². The molecule has 1 N–H and O–H groups in total. The highest BCUT2D eigenvalue weighted by molar-refractivity contribution is 7.98. The van der Waals surface area contributed by atoms with Gasteiger partial charge in [-0.25, -0.2) is 15.0 Å². The van der Waals surface area contributed by atoms with E-state index in [0.29, 0.717) is 22.2 Å². The molecule has 7 heteroatoms. The van der Waals surface area contributed by atoms with Crippen molar-refractivity contribution in [2.24, 2.45) is 0 Å². The summed E-state index contributed by atoms with van der Waals surface area (Å²) >= 11 is 7.65. The summed E-state index contributed by atoms with van der Waals surface area (Å²) in [7, 11) is 1.60. The van der Waals surface area contributed by atoms with Crippen LogP contribution < -0.4 is 4.74 Å². The molecular weight excluding hydrogens is 334 g/mol. The lowest BCUT2D eigenvalue weighted by Crippen LogP contribution is -2.05. The predicted octanol–water partition coefficient (Wildman–Crippen LogP) is 3.49. The topological polar surface area (TPSA) is 68.1 Å². The van der Waals surface area contributed by atoms with Crippen LogP contribution in [0.25, 0.3) is 10.9 Å². The number of hydrogen-bond donors (Lipinski definition) is 1. The second-order valence-corrected chi connectivity index (χ2v) is 5.93. The first-order valence-corrected chi connectivity index (χ1v) is 8.42. The molecule has 3 aromatic rings. The quantitative estimate of drug-likeness (QED) is 0.442. The minimum absolute atomic E-state index is 0.250. The summed E-state index contributed by atoms with van der Waals surface area (Å²) in [6.45, 7) is 0. The van der Waals surface area contributed by atoms with Crippen LogP contribution in [0.1, 0.15) is 17.4 Å². The Balaban J connectivity index is 2.08. The van der Waals surface area contributed by atoms with Crippen molar-refractivity contribution in [3.63, 3.8) is 0 Å². The Hall–Kier alpha value is -1.89. The van der Waals surface area contributed by atoms with E-state index in [1.807, 2.05) is 24.5 Å². The number of ether oxygens (including phenoxy) is 1. The van der Waals surface area contributed by atoms with Gasteiger partial charge in [-0.2, -0.15) is 0 Å². The molecule has 0 fully saturated rings. The number of hydrogen-bond acceptors (Lipinski definition) is 6. The fourth-order valence-electron chi connectivity index (χ4n) is 2.23. The van der Waals surface area contributed by atoms with Gasteiger partial charge in [0, 0.05) is 17.1 Å². The average Bonchev–Trinajstić information content (AvgIpc) is 2.60. The van der Waals surface area contributed by atoms with Crippen molar-refractivity contribution < 1.29 is 9.84 Å². The zero-order valence-corrected chi connectivity index (χ0v) is 14.1. The van der Waals surface area contributed by atoms with Crippen LogP contribution in [-0.4, -0.2) is 33.4 Å². The molecule has 0 aliphatic heterocycles. The maximum absolute atomic E-state index is 10.6. The molecule has 0 spiro atoms. The number of fused-ring (bicyclic) bond motifs is 1. The molecule has 0 bridgehead atoms. The number of benzene rings is 1. The van der Waals surface area contributed by atoms with E-state index in [1.54, 1.807) is 25.4 Å². The molecule has 0 saturated heterocycles. The van der Waals surface area contributed by atoms with E-state index in [0.717, 1.165) is 10.9 Å². The molecule has 118 valence electrons. The van der Waals surface area contributed by atoms with E-state index in [1.165, 1.54) is 11.8 Å². The highest BCUT2D eigenvalue weighted by atomic mass is 35.5. The van der Waals surface area contributed by atoms with Crippen LogP contribution in [-0.2, 0) is 0 Å². The molecule has 3 rings (SSSR count). The normalized spacial score (nSPS) is 12.3. The molecule has 2 aromatic heterocycles. The molecule has 1 aromatic carbocycles. The van der Waals surface area contributed by atoms with Gasteiger partial charge in [0.05, 0.1) is 18.3 Å². The van der Waals surface area contributed by atoms with Crippen molar-refractivity contribution in [3.8, 4) is 5.75 Å². The van der Waals surface area contributed by atoms with Crippen molar-refractivity contribution in [1.29, 1.82) is 0 Å². The minimum Gasteiger partial charge on any atom is -0.497 e. The van der Waals surface area contributed by atoms with E-state index in [4.69, 9.17) is 16.3 Å². The molecule has 0 radical (unpaired) electrons. The van der Waals surface area contributed by atoms with Gasteiger partial charge in [-0.05, 0) is 36.6 Å². The highest BCUT2D eigenvalue weighted by Gasteiger charge is 2.18. The molecule has 2 heterocycles. The average molecular weight is 348 g/mol. The summed E-state index contributed by atoms with van der Waals surface area (Å²) in [5, 5.41) is 12.3. The van der Waals surface area contributed by atoms with Crippen molar-refractivity contribution in [2.75, 3.05) is 13.4 Å². The largest absolute Gasteiger partial charge is 0.497 e. The number of pyridine rings is 1. The molecule has 5 nitrogen and oxygen atoms in total. The maximum Gasteiger partial charge on any atom is 0.187 e. The van der Waals surface area contributed by atoms with E-state index >= 15 is 0 Å². The predicted molar refractivity (Wildman–Crippen MR) is 91.2 cm³/mol. The summed E-state index contributed by atoms with van der Waals surface area (Å²) in [4.78, 5) is 12.8. The van der Waals surface area contributed by atoms with Crippen LogP contribution in [0.15, 0.2) is 41.7 Å². The van der Waals surface area contributed by atoms with Gasteiger partial charge in [0.25, 0.3) is 0 Å². The number of nitrogens with zero attached hydrogens (tertiary/aromatic N) is 3. The number of aliphatic hydroxyl groups is 1. The van der Waals surface area contributed by atoms with Gasteiger partial charge >= 0.3 is 0 Å². The van der Waals surface area contributed by atoms with E-state index in [-0.39, 0.29) is 5.15 Å². The van der Waals surface area contributed by atoms with Gasteiger partial charge in [-0.15, -0.1) is 0 Å². The van der Waals surface area contributed by atoms with Crippen LogP contribution >= 0.6 is 23.4 Å². The molecule has 0 amide bonds. The third-order valence-electron chi connectivity index (χ3n) is 3.41. The summed E-state index contributed by atoms with van der Waals surface area (Å²) < 4.78 is 5.22. The number of thioether (sulfide) groups is 1. The number of rotatable bonds is 4. The second kappa shape index (κ2) is 6.70. The van der Waals surface area contributed by atoms with Crippen molar-refractivity contribution in [2.45, 2.75) is 11.3 Å². The first-order chi connectivity index (χ1) is 11.1. The maximum atomic E-state index is 10.6. The molecule has 0 aliphatic rings. The van der Waals surface area contributed by atoms with E-state index in [2.05, 4.69) is 15.0 Å². The Labute approximate surface area is 142 Å². The molecule has 0 aliphatic carbocycles. The fourth-order valence-corrected chi connectivity index (χ4v) is 2.84. The van der Waals surface area contributed by atoms with Crippen molar-refractivity contribution in [1.82, 2.24) is 15.0 Å². The standard InChI is InChI=1S/C16H14ClN3O2S/c1-22-10-3-4-12-9(7-10)8-11(15(17)19-12)14(21)13-5-6-18-16(20-13)23-2/h3-8,14,21H,1-2H3. The number of aliphatic hydroxyl groups excluding tert-OH is 1. The molecule has 0 saturated carbocycles. The minimum atomic E-state index is -0.973. The molecule has 1 atom stereocenters. The van der Waals surface area contributed by atoms with E-state index in [9.17, 15) is 5.11 Å². The lowest BCUT2D eigenvalue weighted by molar-refractivity contribution is 0.214. The zero-order valence-electron chi connectivity index (χ0n) is 12.5. The van der Waals surface area contributed by atoms with Gasteiger partial charge < -0.3 is 9.84 Å². The monoisotopic (exact) mass is 347 g/mol. The second-order valence-electron chi connectivity index (χ2n) is 4.80. The van der Waals surface area contributed by atoms with Crippen LogP contribution in [0, 0.1) is 0 Å². The number of methoxy groups -OCH3 is 1. The van der Waals surface area contributed by atoms with Crippen LogP contribution in [0.5, 0.6) is 5.75 Å². The lowest BCUT2D eigenvalue weighted by Gasteiger charge is -2.13. The molecule has 23 heavy (non-hydrogen) atoms. The smallest absolute Gasteiger partial charge is 0.187 e. The van der Waals surface area contributed by atoms with Gasteiger partial charge in [0.2, 0.25) is 0 Å². The Kier molecular flexibility index (Phi) is 4.66. The third kappa shape index (κ3) is 3.24. The fraction of sp³-hybridized carbons (Fsp3) is 0.188. The summed E-state index contributed by atoms with van der Waals surface area (Å²) in [6.07, 6.45) is 2.52. The van der Waals surface area contributed by atoms with Gasteiger partial charge in [-0.1, -0.05) is 23.4 Å². The Morgan fingerprint density at radius 1 is 1.22 bits per heavy atom. The van der Waals surface area contributed by atoms with Gasteiger partial charge in [0.15, 0.2) is 5.16 Å². The van der Waals surface area contributed by atoms with Crippen LogP contribution in [0.2, 0.25) is 5.15 Å². The first kappa shape index (κ1) is 16.0. The number of aromatic nitrogens is 3. The van der Waals surface area contributed by atoms with Crippen LogP contribution in [0.4, 0.5) is 0 Å². The number of halogens is 1. The van der Waals surface area contributed by atoms with Gasteiger partial charge in [0.1, 0.15) is 17.0 Å². The summed E-state index contributed by atoms with van der Waals surface area (Å²) in [5.41, 5.74) is 1.72. The van der Waals surface area contributed by atoms with Crippen molar-refractivity contribution in [3.05, 3.63) is 52.9 Å².